The molecule has 1 amide bonds. The SMILES string of the molecule is CC(C)(C)OC(=O)N1CCc2cc(Cl)c(N3CCC(F)CC3)nc2CC1. The molecule has 0 radical (unpaired) electrons. The van der Waals surface area contributed by atoms with Crippen molar-refractivity contribution in [2.75, 3.05) is 31.1 Å². The molecule has 0 N–H and O–H groups in total. The van der Waals surface area contributed by atoms with Crippen LogP contribution < -0.4 is 4.90 Å². The largest absolute Gasteiger partial charge is 0.444 e. The maximum atomic E-state index is 13.4. The Morgan fingerprint density at radius 2 is 1.88 bits per heavy atom. The summed E-state index contributed by atoms with van der Waals surface area (Å²) >= 11 is 6.47. The lowest BCUT2D eigenvalue weighted by Gasteiger charge is -2.30. The molecule has 1 fully saturated rings. The number of carbonyl (C=O) groups is 1. The Kier molecular flexibility index (Phi) is 5.61. The number of aromatic nitrogens is 1. The molecule has 0 unspecified atom stereocenters. The van der Waals surface area contributed by atoms with Crippen LogP contribution in [-0.2, 0) is 17.6 Å². The van der Waals surface area contributed by atoms with Crippen molar-refractivity contribution in [1.82, 2.24) is 9.88 Å². The van der Waals surface area contributed by atoms with Gasteiger partial charge in [-0.2, -0.15) is 0 Å². The first-order valence-corrected chi connectivity index (χ1v) is 9.66. The summed E-state index contributed by atoms with van der Waals surface area (Å²) in [6.45, 7) is 8.03. The number of nitrogens with zero attached hydrogens (tertiary/aromatic N) is 3. The summed E-state index contributed by atoms with van der Waals surface area (Å²) in [5, 5.41) is 0.603. The van der Waals surface area contributed by atoms with Gasteiger partial charge in [-0.1, -0.05) is 11.6 Å². The van der Waals surface area contributed by atoms with Crippen LogP contribution in [0.3, 0.4) is 0 Å². The Bertz CT molecular complexity index is 669. The van der Waals surface area contributed by atoms with E-state index in [2.05, 4.69) is 4.90 Å². The summed E-state index contributed by atoms with van der Waals surface area (Å²) in [5.74, 6) is 0.739. The van der Waals surface area contributed by atoms with Crippen LogP contribution in [0.1, 0.15) is 44.9 Å². The van der Waals surface area contributed by atoms with E-state index in [4.69, 9.17) is 21.3 Å². The zero-order valence-electron chi connectivity index (χ0n) is 15.7. The number of hydrogen-bond acceptors (Lipinski definition) is 4. The zero-order chi connectivity index (χ0) is 18.9. The quantitative estimate of drug-likeness (QED) is 0.735. The van der Waals surface area contributed by atoms with E-state index in [-0.39, 0.29) is 6.09 Å². The lowest BCUT2D eigenvalue weighted by molar-refractivity contribution is 0.0258. The summed E-state index contributed by atoms with van der Waals surface area (Å²) in [7, 11) is 0. The van der Waals surface area contributed by atoms with Gasteiger partial charge in [0.25, 0.3) is 0 Å². The molecular weight excluding hydrogens is 357 g/mol. The van der Waals surface area contributed by atoms with E-state index < -0.39 is 11.8 Å². The first-order chi connectivity index (χ1) is 12.2. The highest BCUT2D eigenvalue weighted by Gasteiger charge is 2.27. The van der Waals surface area contributed by atoms with E-state index in [9.17, 15) is 9.18 Å². The Hall–Kier alpha value is -1.56. The molecule has 1 aromatic rings. The molecule has 1 aromatic heterocycles. The van der Waals surface area contributed by atoms with Gasteiger partial charge in [0.05, 0.1) is 5.02 Å². The van der Waals surface area contributed by atoms with Crippen molar-refractivity contribution in [2.45, 2.75) is 58.2 Å². The van der Waals surface area contributed by atoms with E-state index in [0.29, 0.717) is 56.9 Å². The number of ether oxygens (including phenoxy) is 1. The third kappa shape index (κ3) is 4.58. The van der Waals surface area contributed by atoms with Crippen LogP contribution in [-0.4, -0.2) is 53.9 Å². The summed E-state index contributed by atoms with van der Waals surface area (Å²) in [6.07, 6.45) is 1.38. The Labute approximate surface area is 159 Å². The maximum absolute atomic E-state index is 13.4. The van der Waals surface area contributed by atoms with Crippen LogP contribution in [0.2, 0.25) is 5.02 Å². The molecule has 0 aliphatic carbocycles. The molecule has 2 aliphatic heterocycles. The van der Waals surface area contributed by atoms with Gasteiger partial charge in [-0.25, -0.2) is 14.2 Å². The van der Waals surface area contributed by atoms with Crippen LogP contribution >= 0.6 is 11.6 Å². The number of anilines is 1. The lowest BCUT2D eigenvalue weighted by Crippen LogP contribution is -2.38. The molecule has 0 atom stereocenters. The van der Waals surface area contributed by atoms with Crippen molar-refractivity contribution in [2.24, 2.45) is 0 Å². The number of amides is 1. The van der Waals surface area contributed by atoms with Gasteiger partial charge in [0.15, 0.2) is 0 Å². The van der Waals surface area contributed by atoms with E-state index in [1.807, 2.05) is 26.8 Å². The summed E-state index contributed by atoms with van der Waals surface area (Å²) in [6, 6.07) is 1.96. The Morgan fingerprint density at radius 3 is 2.54 bits per heavy atom. The molecule has 0 saturated carbocycles. The van der Waals surface area contributed by atoms with Gasteiger partial charge in [0.2, 0.25) is 0 Å². The number of carbonyl (C=O) groups excluding carboxylic acids is 1. The van der Waals surface area contributed by atoms with E-state index in [1.165, 1.54) is 0 Å². The fourth-order valence-electron chi connectivity index (χ4n) is 3.39. The molecule has 26 heavy (non-hydrogen) atoms. The first kappa shape index (κ1) is 19.2. The normalized spacial score (nSPS) is 19.1. The molecule has 7 heteroatoms. The Morgan fingerprint density at radius 1 is 1.23 bits per heavy atom. The zero-order valence-corrected chi connectivity index (χ0v) is 16.5. The van der Waals surface area contributed by atoms with Crippen molar-refractivity contribution >= 4 is 23.5 Å². The highest BCUT2D eigenvalue weighted by atomic mass is 35.5. The number of rotatable bonds is 1. The van der Waals surface area contributed by atoms with Gasteiger partial charge in [-0.05, 0) is 51.7 Å². The average Bonchev–Trinajstić information content (AvgIpc) is 2.75. The van der Waals surface area contributed by atoms with Crippen molar-refractivity contribution in [3.8, 4) is 0 Å². The van der Waals surface area contributed by atoms with Crippen LogP contribution in [0.15, 0.2) is 6.07 Å². The van der Waals surface area contributed by atoms with Gasteiger partial charge < -0.3 is 14.5 Å². The minimum absolute atomic E-state index is 0.290. The molecule has 3 heterocycles. The maximum Gasteiger partial charge on any atom is 0.410 e. The first-order valence-electron chi connectivity index (χ1n) is 9.28. The van der Waals surface area contributed by atoms with Gasteiger partial charge in [0, 0.05) is 38.3 Å². The van der Waals surface area contributed by atoms with Gasteiger partial charge in [0.1, 0.15) is 17.6 Å². The van der Waals surface area contributed by atoms with Crippen LogP contribution in [0.5, 0.6) is 0 Å². The third-order valence-corrected chi connectivity index (χ3v) is 5.05. The van der Waals surface area contributed by atoms with E-state index in [0.717, 1.165) is 17.1 Å². The molecule has 3 rings (SSSR count). The molecule has 0 spiro atoms. The van der Waals surface area contributed by atoms with Crippen molar-refractivity contribution in [3.05, 3.63) is 22.3 Å². The van der Waals surface area contributed by atoms with Crippen molar-refractivity contribution < 1.29 is 13.9 Å². The summed E-state index contributed by atoms with van der Waals surface area (Å²) in [4.78, 5) is 20.9. The molecule has 144 valence electrons. The molecule has 2 aliphatic rings. The van der Waals surface area contributed by atoms with Crippen molar-refractivity contribution in [3.63, 3.8) is 0 Å². The predicted octanol–water partition coefficient (Wildman–Crippen LogP) is 4.01. The van der Waals surface area contributed by atoms with Crippen molar-refractivity contribution in [1.29, 1.82) is 0 Å². The minimum Gasteiger partial charge on any atom is -0.444 e. The minimum atomic E-state index is -0.728. The molecule has 0 bridgehead atoms. The fourth-order valence-corrected chi connectivity index (χ4v) is 3.68. The highest BCUT2D eigenvalue weighted by molar-refractivity contribution is 6.33. The second-order valence-electron chi connectivity index (χ2n) is 8.03. The third-order valence-electron chi connectivity index (χ3n) is 4.77. The van der Waals surface area contributed by atoms with Gasteiger partial charge in [-0.3, -0.25) is 0 Å². The standard InChI is InChI=1S/C19H27ClFN3O2/c1-19(2,3)26-18(25)24-8-4-13-12-15(20)17(22-16(13)7-11-24)23-9-5-14(21)6-10-23/h12,14H,4-11H2,1-3H3. The molecule has 5 nitrogen and oxygen atoms in total. The number of piperidine rings is 1. The predicted molar refractivity (Wildman–Crippen MR) is 101 cm³/mol. The highest BCUT2D eigenvalue weighted by Crippen LogP contribution is 2.30. The molecular formula is C19H27ClFN3O2. The summed E-state index contributed by atoms with van der Waals surface area (Å²) in [5.41, 5.74) is 1.54. The topological polar surface area (TPSA) is 45.7 Å². The number of hydrogen-bond donors (Lipinski definition) is 0. The lowest BCUT2D eigenvalue weighted by atomic mass is 10.1. The van der Waals surface area contributed by atoms with Gasteiger partial charge >= 0.3 is 6.09 Å². The monoisotopic (exact) mass is 383 g/mol. The van der Waals surface area contributed by atoms with Crippen LogP contribution in [0, 0.1) is 0 Å². The number of alkyl halides is 1. The summed E-state index contributed by atoms with van der Waals surface area (Å²) < 4.78 is 18.9. The fraction of sp³-hybridized carbons (Fsp3) is 0.684. The van der Waals surface area contributed by atoms with Crippen LogP contribution in [0.25, 0.3) is 0 Å². The smallest absolute Gasteiger partial charge is 0.410 e. The number of halogens is 2. The number of fused-ring (bicyclic) bond motifs is 1. The number of pyridine rings is 1. The second-order valence-corrected chi connectivity index (χ2v) is 8.44. The Balaban J connectivity index is 1.73. The van der Waals surface area contributed by atoms with Gasteiger partial charge in [-0.15, -0.1) is 0 Å². The van der Waals surface area contributed by atoms with E-state index >= 15 is 0 Å². The van der Waals surface area contributed by atoms with E-state index in [1.54, 1.807) is 4.90 Å². The molecule has 1 saturated heterocycles. The van der Waals surface area contributed by atoms with Crippen LogP contribution in [0.4, 0.5) is 15.0 Å². The second kappa shape index (κ2) is 7.59. The average molecular weight is 384 g/mol. The molecule has 0 aromatic carbocycles.